The summed E-state index contributed by atoms with van der Waals surface area (Å²) in [6.07, 6.45) is 2.98. The van der Waals surface area contributed by atoms with Crippen molar-refractivity contribution in [2.24, 2.45) is 5.92 Å². The average Bonchev–Trinajstić information content (AvgIpc) is 2.16. The van der Waals surface area contributed by atoms with Crippen molar-refractivity contribution in [2.45, 2.75) is 26.7 Å². The number of hydrogen-bond donors (Lipinski definition) is 1. The molecule has 1 heterocycles. The van der Waals surface area contributed by atoms with Gasteiger partial charge in [0, 0.05) is 18.5 Å². The van der Waals surface area contributed by atoms with E-state index in [-0.39, 0.29) is 11.7 Å². The van der Waals surface area contributed by atoms with Gasteiger partial charge in [0.05, 0.1) is 0 Å². The maximum Gasteiger partial charge on any atom is 0.140 e. The molecule has 2 N–H and O–H groups in total. The lowest BCUT2D eigenvalue weighted by Gasteiger charge is -2.07. The van der Waals surface area contributed by atoms with Gasteiger partial charge in [-0.05, 0) is 24.1 Å². The summed E-state index contributed by atoms with van der Waals surface area (Å²) in [5.41, 5.74) is 6.47. The number of ketones is 1. The number of nitrogens with two attached hydrogens (primary N) is 1. The molecule has 1 aromatic heterocycles. The molecule has 1 rings (SSSR count). The van der Waals surface area contributed by atoms with Gasteiger partial charge in [0.15, 0.2) is 0 Å². The van der Waals surface area contributed by atoms with E-state index in [0.717, 1.165) is 12.0 Å². The van der Waals surface area contributed by atoms with E-state index in [2.05, 4.69) is 4.98 Å². The van der Waals surface area contributed by atoms with E-state index >= 15 is 0 Å². The highest BCUT2D eigenvalue weighted by atomic mass is 16.1. The van der Waals surface area contributed by atoms with Crippen molar-refractivity contribution in [2.75, 3.05) is 5.73 Å². The Kier molecular flexibility index (Phi) is 3.63. The van der Waals surface area contributed by atoms with Gasteiger partial charge >= 0.3 is 0 Å². The predicted octanol–water partition coefficient (Wildman–Crippen LogP) is 1.82. The maximum absolute atomic E-state index is 11.6. The summed E-state index contributed by atoms with van der Waals surface area (Å²) in [5, 5.41) is 0. The molecule has 0 bridgehead atoms. The first kappa shape index (κ1) is 10.7. The first-order chi connectivity index (χ1) is 6.63. The van der Waals surface area contributed by atoms with Crippen LogP contribution in [0.2, 0.25) is 0 Å². The molecule has 0 aromatic carbocycles. The van der Waals surface area contributed by atoms with Gasteiger partial charge in [-0.25, -0.2) is 4.98 Å². The highest BCUT2D eigenvalue weighted by Crippen LogP contribution is 2.09. The number of rotatable bonds is 4. The number of carbonyl (C=O) groups is 1. The summed E-state index contributed by atoms with van der Waals surface area (Å²) < 4.78 is 0. The van der Waals surface area contributed by atoms with Crippen LogP contribution in [-0.2, 0) is 11.2 Å². The number of anilines is 1. The number of pyridine rings is 1. The number of nitrogen functional groups attached to an aromatic ring is 1. The zero-order valence-corrected chi connectivity index (χ0v) is 8.66. The Bertz CT molecular complexity index is 323. The first-order valence-corrected chi connectivity index (χ1v) is 4.86. The topological polar surface area (TPSA) is 56.0 Å². The fourth-order valence-corrected chi connectivity index (χ4v) is 1.21. The Labute approximate surface area is 84.3 Å². The Hall–Kier alpha value is -1.38. The number of nitrogens with zero attached hydrogens (tertiary/aromatic N) is 1. The fourth-order valence-electron chi connectivity index (χ4n) is 1.21. The average molecular weight is 192 g/mol. The van der Waals surface area contributed by atoms with Gasteiger partial charge < -0.3 is 5.73 Å². The van der Waals surface area contributed by atoms with Crippen molar-refractivity contribution in [3.8, 4) is 0 Å². The molecule has 1 unspecified atom stereocenters. The minimum Gasteiger partial charge on any atom is -0.384 e. The van der Waals surface area contributed by atoms with Crippen LogP contribution in [0.1, 0.15) is 25.8 Å². The van der Waals surface area contributed by atoms with Crippen molar-refractivity contribution in [1.29, 1.82) is 0 Å². The van der Waals surface area contributed by atoms with E-state index in [1.165, 1.54) is 0 Å². The molecule has 14 heavy (non-hydrogen) atoms. The number of Topliss-reactive ketones (excluding diaryl/α,β-unsaturated/α-hetero) is 1. The van der Waals surface area contributed by atoms with E-state index in [0.29, 0.717) is 12.2 Å². The molecule has 0 aliphatic carbocycles. The second-order valence-corrected chi connectivity index (χ2v) is 3.54. The third-order valence-corrected chi connectivity index (χ3v) is 2.39. The molecule has 0 saturated carbocycles. The number of carbonyl (C=O) groups excluding carboxylic acids is 1. The van der Waals surface area contributed by atoms with E-state index in [1.54, 1.807) is 12.3 Å². The highest BCUT2D eigenvalue weighted by Gasteiger charge is 2.11. The van der Waals surface area contributed by atoms with E-state index in [4.69, 9.17) is 5.73 Å². The third kappa shape index (κ3) is 2.83. The molecule has 1 atom stereocenters. The maximum atomic E-state index is 11.6. The molecule has 0 aliphatic rings. The van der Waals surface area contributed by atoms with E-state index in [9.17, 15) is 4.79 Å². The highest BCUT2D eigenvalue weighted by molar-refractivity contribution is 5.82. The Morgan fingerprint density at radius 2 is 2.36 bits per heavy atom. The predicted molar refractivity (Wildman–Crippen MR) is 56.8 cm³/mol. The molecule has 0 aliphatic heterocycles. The molecular formula is C11H16N2O. The third-order valence-electron chi connectivity index (χ3n) is 2.39. The van der Waals surface area contributed by atoms with Crippen molar-refractivity contribution < 1.29 is 4.79 Å². The number of hydrogen-bond acceptors (Lipinski definition) is 3. The smallest absolute Gasteiger partial charge is 0.140 e. The zero-order chi connectivity index (χ0) is 10.6. The molecule has 1 aromatic rings. The van der Waals surface area contributed by atoms with Crippen molar-refractivity contribution in [1.82, 2.24) is 4.98 Å². The molecule has 0 saturated heterocycles. The van der Waals surface area contributed by atoms with Gasteiger partial charge in [-0.1, -0.05) is 13.8 Å². The Balaban J connectivity index is 2.65. The monoisotopic (exact) mass is 192 g/mol. The van der Waals surface area contributed by atoms with Crippen LogP contribution in [0.4, 0.5) is 5.82 Å². The van der Waals surface area contributed by atoms with Gasteiger partial charge in [-0.3, -0.25) is 4.79 Å². The second-order valence-electron chi connectivity index (χ2n) is 3.54. The van der Waals surface area contributed by atoms with Crippen LogP contribution in [-0.4, -0.2) is 10.8 Å². The molecule has 0 fully saturated rings. The van der Waals surface area contributed by atoms with Crippen molar-refractivity contribution >= 4 is 11.6 Å². The van der Waals surface area contributed by atoms with Crippen LogP contribution in [0.15, 0.2) is 18.3 Å². The molecule has 76 valence electrons. The van der Waals surface area contributed by atoms with E-state index in [1.807, 2.05) is 19.9 Å². The second kappa shape index (κ2) is 4.74. The molecular weight excluding hydrogens is 176 g/mol. The van der Waals surface area contributed by atoms with Crippen LogP contribution in [0, 0.1) is 5.92 Å². The first-order valence-electron chi connectivity index (χ1n) is 4.86. The summed E-state index contributed by atoms with van der Waals surface area (Å²) in [6, 6.07) is 3.58. The minimum absolute atomic E-state index is 0.129. The van der Waals surface area contributed by atoms with Gasteiger partial charge in [0.1, 0.15) is 11.6 Å². The normalized spacial score (nSPS) is 12.4. The SMILES string of the molecule is CCC(C)C(=O)Cc1ccnc(N)c1. The Morgan fingerprint density at radius 3 is 2.93 bits per heavy atom. The van der Waals surface area contributed by atoms with Crippen LogP contribution >= 0.6 is 0 Å². The largest absolute Gasteiger partial charge is 0.384 e. The lowest BCUT2D eigenvalue weighted by atomic mass is 9.98. The lowest BCUT2D eigenvalue weighted by molar-refractivity contribution is -0.121. The standard InChI is InChI=1S/C11H16N2O/c1-3-8(2)10(14)6-9-4-5-13-11(12)7-9/h4-5,7-8H,3,6H2,1-2H3,(H2,12,13). The molecule has 3 nitrogen and oxygen atoms in total. The lowest BCUT2D eigenvalue weighted by Crippen LogP contribution is -2.12. The van der Waals surface area contributed by atoms with Gasteiger partial charge in [-0.2, -0.15) is 0 Å². The van der Waals surface area contributed by atoms with Crippen LogP contribution < -0.4 is 5.73 Å². The van der Waals surface area contributed by atoms with Crippen LogP contribution in [0.5, 0.6) is 0 Å². The van der Waals surface area contributed by atoms with Crippen molar-refractivity contribution in [3.63, 3.8) is 0 Å². The molecule has 0 amide bonds. The van der Waals surface area contributed by atoms with Gasteiger partial charge in [0.25, 0.3) is 0 Å². The summed E-state index contributed by atoms with van der Waals surface area (Å²) in [5.74, 6) is 0.863. The summed E-state index contributed by atoms with van der Waals surface area (Å²) in [4.78, 5) is 15.5. The minimum atomic E-state index is 0.129. The summed E-state index contributed by atoms with van der Waals surface area (Å²) in [6.45, 7) is 3.97. The Morgan fingerprint density at radius 1 is 1.64 bits per heavy atom. The summed E-state index contributed by atoms with van der Waals surface area (Å²) in [7, 11) is 0. The van der Waals surface area contributed by atoms with Crippen LogP contribution in [0.25, 0.3) is 0 Å². The molecule has 3 heteroatoms. The summed E-state index contributed by atoms with van der Waals surface area (Å²) >= 11 is 0. The zero-order valence-electron chi connectivity index (χ0n) is 8.66. The molecule has 0 radical (unpaired) electrons. The fraction of sp³-hybridized carbons (Fsp3) is 0.455. The molecule has 0 spiro atoms. The van der Waals surface area contributed by atoms with E-state index < -0.39 is 0 Å². The number of aromatic nitrogens is 1. The quantitative estimate of drug-likeness (QED) is 0.791. The van der Waals surface area contributed by atoms with Crippen molar-refractivity contribution in [3.05, 3.63) is 23.9 Å². The van der Waals surface area contributed by atoms with Crippen LogP contribution in [0.3, 0.4) is 0 Å². The van der Waals surface area contributed by atoms with Gasteiger partial charge in [-0.15, -0.1) is 0 Å². The van der Waals surface area contributed by atoms with Gasteiger partial charge in [0.2, 0.25) is 0 Å².